The first-order valence-electron chi connectivity index (χ1n) is 6.83. The predicted molar refractivity (Wildman–Crippen MR) is 91.9 cm³/mol. The van der Waals surface area contributed by atoms with Crippen molar-refractivity contribution >= 4 is 44.2 Å². The molecule has 5 nitrogen and oxygen atoms in total. The number of likely N-dealkylation sites (N-methyl/N-ethyl adjacent to an activating group) is 1. The smallest absolute Gasteiger partial charge is 0.219 e. The Hall–Kier alpha value is -1.73. The zero-order valence-corrected chi connectivity index (χ0v) is 14.7. The van der Waals surface area contributed by atoms with Crippen molar-refractivity contribution in [3.8, 4) is 11.3 Å². The molecule has 1 amide bonds. The Labute approximate surface area is 140 Å². The fourth-order valence-corrected chi connectivity index (χ4v) is 3.28. The van der Waals surface area contributed by atoms with Crippen LogP contribution in [0.2, 0.25) is 0 Å². The minimum atomic E-state index is 0.0735. The summed E-state index contributed by atoms with van der Waals surface area (Å²) in [6, 6.07) is 2.04. The largest absolute Gasteiger partial charge is 0.346 e. The highest BCUT2D eigenvalue weighted by Crippen LogP contribution is 2.30. The van der Waals surface area contributed by atoms with Gasteiger partial charge in [0.1, 0.15) is 5.65 Å². The van der Waals surface area contributed by atoms with Crippen molar-refractivity contribution in [2.24, 2.45) is 0 Å². The van der Waals surface area contributed by atoms with Gasteiger partial charge in [-0.05, 0) is 22.0 Å². The third-order valence-electron chi connectivity index (χ3n) is 3.52. The number of H-pyrrole nitrogens is 1. The van der Waals surface area contributed by atoms with Gasteiger partial charge in [0.15, 0.2) is 0 Å². The molecule has 3 aromatic heterocycles. The van der Waals surface area contributed by atoms with E-state index >= 15 is 0 Å². The Morgan fingerprint density at radius 1 is 1.50 bits per heavy atom. The average molecular weight is 379 g/mol. The van der Waals surface area contributed by atoms with Crippen LogP contribution in [0.1, 0.15) is 11.9 Å². The molecule has 0 fully saturated rings. The number of fused-ring (bicyclic) bond motifs is 1. The number of pyridine rings is 1. The van der Waals surface area contributed by atoms with Crippen LogP contribution >= 0.6 is 27.3 Å². The normalized spacial score (nSPS) is 11.0. The molecule has 1 N–H and O–H groups in total. The van der Waals surface area contributed by atoms with Crippen LogP contribution in [-0.2, 0) is 11.2 Å². The SMILES string of the molecule is CC(=O)N(C)CCc1nc(-c2c[nH]c3ncc(Br)cc23)cs1. The summed E-state index contributed by atoms with van der Waals surface area (Å²) < 4.78 is 0.944. The second-order valence-electron chi connectivity index (χ2n) is 5.07. The van der Waals surface area contributed by atoms with Gasteiger partial charge in [0.25, 0.3) is 0 Å². The van der Waals surface area contributed by atoms with Gasteiger partial charge in [0.05, 0.1) is 10.7 Å². The summed E-state index contributed by atoms with van der Waals surface area (Å²) in [7, 11) is 1.81. The Kier molecular flexibility index (Phi) is 4.26. The first-order chi connectivity index (χ1) is 10.5. The summed E-state index contributed by atoms with van der Waals surface area (Å²) in [5.41, 5.74) is 2.84. The minimum absolute atomic E-state index is 0.0735. The monoisotopic (exact) mass is 378 g/mol. The first kappa shape index (κ1) is 15.2. The highest BCUT2D eigenvalue weighted by molar-refractivity contribution is 9.10. The van der Waals surface area contributed by atoms with Crippen molar-refractivity contribution in [3.63, 3.8) is 0 Å². The van der Waals surface area contributed by atoms with Crippen molar-refractivity contribution in [1.82, 2.24) is 19.9 Å². The number of rotatable bonds is 4. The Morgan fingerprint density at radius 3 is 3.09 bits per heavy atom. The molecule has 0 aromatic carbocycles. The highest BCUT2D eigenvalue weighted by Gasteiger charge is 2.12. The number of nitrogens with zero attached hydrogens (tertiary/aromatic N) is 3. The van der Waals surface area contributed by atoms with E-state index in [1.807, 2.05) is 17.6 Å². The van der Waals surface area contributed by atoms with Gasteiger partial charge in [-0.3, -0.25) is 4.79 Å². The summed E-state index contributed by atoms with van der Waals surface area (Å²) in [6.07, 6.45) is 4.47. The van der Waals surface area contributed by atoms with E-state index in [0.29, 0.717) is 6.54 Å². The summed E-state index contributed by atoms with van der Waals surface area (Å²) in [4.78, 5) is 25.1. The van der Waals surface area contributed by atoms with E-state index in [2.05, 4.69) is 30.9 Å². The van der Waals surface area contributed by atoms with E-state index in [1.165, 1.54) is 0 Å². The molecule has 0 atom stereocenters. The molecule has 3 aromatic rings. The lowest BCUT2D eigenvalue weighted by Crippen LogP contribution is -2.26. The molecule has 22 heavy (non-hydrogen) atoms. The Bertz CT molecular complexity index is 826. The molecule has 0 saturated carbocycles. The van der Waals surface area contributed by atoms with E-state index in [0.717, 1.165) is 38.2 Å². The fourth-order valence-electron chi connectivity index (χ4n) is 2.16. The van der Waals surface area contributed by atoms with Gasteiger partial charge in [-0.25, -0.2) is 9.97 Å². The number of hydrogen-bond acceptors (Lipinski definition) is 4. The topological polar surface area (TPSA) is 61.9 Å². The van der Waals surface area contributed by atoms with Crippen LogP contribution in [0.3, 0.4) is 0 Å². The third-order valence-corrected chi connectivity index (χ3v) is 4.87. The van der Waals surface area contributed by atoms with E-state index in [-0.39, 0.29) is 5.91 Å². The number of halogens is 1. The number of aromatic nitrogens is 3. The van der Waals surface area contributed by atoms with Crippen LogP contribution in [0.4, 0.5) is 0 Å². The second-order valence-corrected chi connectivity index (χ2v) is 6.93. The second kappa shape index (κ2) is 6.18. The molecule has 0 aliphatic carbocycles. The van der Waals surface area contributed by atoms with Gasteiger partial charge in [-0.1, -0.05) is 0 Å². The maximum atomic E-state index is 11.2. The molecule has 3 rings (SSSR count). The highest BCUT2D eigenvalue weighted by atomic mass is 79.9. The number of carbonyl (C=O) groups is 1. The molecule has 0 unspecified atom stereocenters. The average Bonchev–Trinajstić information content (AvgIpc) is 3.10. The number of aromatic amines is 1. The lowest BCUT2D eigenvalue weighted by atomic mass is 10.2. The first-order valence-corrected chi connectivity index (χ1v) is 8.51. The molecule has 7 heteroatoms. The van der Waals surface area contributed by atoms with E-state index in [9.17, 15) is 4.79 Å². The van der Waals surface area contributed by atoms with Crippen LogP contribution in [-0.4, -0.2) is 39.4 Å². The molecule has 0 radical (unpaired) electrons. The quantitative estimate of drug-likeness (QED) is 0.755. The van der Waals surface area contributed by atoms with Gasteiger partial charge >= 0.3 is 0 Å². The van der Waals surface area contributed by atoms with Crippen molar-refractivity contribution in [2.75, 3.05) is 13.6 Å². The molecule has 114 valence electrons. The maximum absolute atomic E-state index is 11.2. The summed E-state index contributed by atoms with van der Waals surface area (Å²) in [5.74, 6) is 0.0735. The van der Waals surface area contributed by atoms with Crippen LogP contribution in [0.15, 0.2) is 28.3 Å². The van der Waals surface area contributed by atoms with Gasteiger partial charge in [-0.2, -0.15) is 0 Å². The molecular formula is C15H15BrN4OS. The summed E-state index contributed by atoms with van der Waals surface area (Å²) in [5, 5.41) is 4.12. The van der Waals surface area contributed by atoms with Gasteiger partial charge in [0.2, 0.25) is 5.91 Å². The fraction of sp³-hybridized carbons (Fsp3) is 0.267. The Morgan fingerprint density at radius 2 is 2.32 bits per heavy atom. The van der Waals surface area contributed by atoms with E-state index in [4.69, 9.17) is 0 Å². The lowest BCUT2D eigenvalue weighted by Gasteiger charge is -2.12. The molecule has 3 heterocycles. The van der Waals surface area contributed by atoms with Crippen molar-refractivity contribution in [1.29, 1.82) is 0 Å². The lowest BCUT2D eigenvalue weighted by molar-refractivity contribution is -0.127. The third kappa shape index (κ3) is 3.05. The number of hydrogen-bond donors (Lipinski definition) is 1. The zero-order valence-electron chi connectivity index (χ0n) is 12.3. The van der Waals surface area contributed by atoms with E-state index in [1.54, 1.807) is 36.4 Å². The predicted octanol–water partition coefficient (Wildman–Crippen LogP) is 3.47. The summed E-state index contributed by atoms with van der Waals surface area (Å²) >= 11 is 5.07. The van der Waals surface area contributed by atoms with Crippen molar-refractivity contribution in [3.05, 3.63) is 33.3 Å². The van der Waals surface area contributed by atoms with Crippen molar-refractivity contribution in [2.45, 2.75) is 13.3 Å². The molecule has 0 saturated heterocycles. The zero-order chi connectivity index (χ0) is 15.7. The molecule has 0 aliphatic heterocycles. The van der Waals surface area contributed by atoms with Crippen LogP contribution in [0, 0.1) is 0 Å². The maximum Gasteiger partial charge on any atom is 0.219 e. The van der Waals surface area contributed by atoms with Gasteiger partial charge < -0.3 is 9.88 Å². The minimum Gasteiger partial charge on any atom is -0.346 e. The molecule has 0 aliphatic rings. The number of carbonyl (C=O) groups excluding carboxylic acids is 1. The van der Waals surface area contributed by atoms with Gasteiger partial charge in [0, 0.05) is 60.1 Å². The Balaban J connectivity index is 1.83. The van der Waals surface area contributed by atoms with Crippen LogP contribution in [0.5, 0.6) is 0 Å². The van der Waals surface area contributed by atoms with Crippen LogP contribution in [0.25, 0.3) is 22.3 Å². The number of amides is 1. The molecule has 0 spiro atoms. The molecule has 0 bridgehead atoms. The van der Waals surface area contributed by atoms with Gasteiger partial charge in [-0.15, -0.1) is 11.3 Å². The summed E-state index contributed by atoms with van der Waals surface area (Å²) in [6.45, 7) is 2.26. The molecular weight excluding hydrogens is 364 g/mol. The van der Waals surface area contributed by atoms with E-state index < -0.39 is 0 Å². The standard InChI is InChI=1S/C15H15BrN4OS/c1-9(21)20(2)4-3-14-19-13(8-22-14)12-7-18-15-11(12)5-10(16)6-17-15/h5-8H,3-4H2,1-2H3,(H,17,18). The van der Waals surface area contributed by atoms with Crippen molar-refractivity contribution < 1.29 is 4.79 Å². The van der Waals surface area contributed by atoms with Crippen LogP contribution < -0.4 is 0 Å². The number of thiazole rings is 1. The number of nitrogens with one attached hydrogen (secondary N) is 1.